The molecule has 0 radical (unpaired) electrons. The van der Waals surface area contributed by atoms with Crippen LogP contribution < -0.4 is 11.1 Å². The number of benzene rings is 2. The Morgan fingerprint density at radius 2 is 1.86 bits per heavy atom. The molecule has 0 atom stereocenters. The van der Waals surface area contributed by atoms with E-state index in [1.54, 1.807) is 40.2 Å². The number of aromatic amines is 1. The predicted octanol–water partition coefficient (Wildman–Crippen LogP) is 2.77. The first-order chi connectivity index (χ1) is 13.5. The first-order valence-electron chi connectivity index (χ1n) is 8.19. The summed E-state index contributed by atoms with van der Waals surface area (Å²) in [4.78, 5) is 10.3. The monoisotopic (exact) mass is 399 g/mol. The Kier molecular flexibility index (Phi) is 4.59. The third-order valence-electron chi connectivity index (χ3n) is 4.19. The van der Waals surface area contributed by atoms with Gasteiger partial charge in [-0.05, 0) is 29.8 Å². The number of halogens is 1. The van der Waals surface area contributed by atoms with Gasteiger partial charge in [-0.2, -0.15) is 0 Å². The van der Waals surface area contributed by atoms with Crippen molar-refractivity contribution >= 4 is 23.7 Å². The Morgan fingerprint density at radius 3 is 2.54 bits per heavy atom. The molecular formula is C17H14FN7O2S. The summed E-state index contributed by atoms with van der Waals surface area (Å²) in [6, 6.07) is 12.2. The molecule has 0 unspecified atom stereocenters. The zero-order valence-corrected chi connectivity index (χ0v) is 15.1. The van der Waals surface area contributed by atoms with E-state index in [2.05, 4.69) is 21.3 Å². The topological polar surface area (TPSA) is 104 Å². The molecule has 9 nitrogen and oxygen atoms in total. The van der Waals surface area contributed by atoms with Crippen LogP contribution in [0.2, 0.25) is 0 Å². The summed E-state index contributed by atoms with van der Waals surface area (Å²) in [5.41, 5.74) is 7.83. The quantitative estimate of drug-likeness (QED) is 0.346. The van der Waals surface area contributed by atoms with Crippen molar-refractivity contribution in [1.29, 1.82) is 0 Å². The van der Waals surface area contributed by atoms with Crippen molar-refractivity contribution < 1.29 is 9.31 Å². The number of nitro groups is 1. The van der Waals surface area contributed by atoms with Gasteiger partial charge in [0.25, 0.3) is 5.69 Å². The molecule has 2 aromatic carbocycles. The number of amidine groups is 1. The maximum atomic E-state index is 13.2. The van der Waals surface area contributed by atoms with Crippen LogP contribution in [0.4, 0.5) is 10.1 Å². The molecule has 0 aliphatic carbocycles. The van der Waals surface area contributed by atoms with Crippen LogP contribution in [0.3, 0.4) is 0 Å². The fourth-order valence-electron chi connectivity index (χ4n) is 2.79. The molecule has 3 N–H and O–H groups in total. The van der Waals surface area contributed by atoms with Crippen LogP contribution in [0.15, 0.2) is 59.8 Å². The van der Waals surface area contributed by atoms with Crippen LogP contribution in [-0.2, 0) is 6.54 Å². The molecule has 0 bridgehead atoms. The second-order valence-corrected chi connectivity index (χ2v) is 6.36. The third kappa shape index (κ3) is 3.35. The van der Waals surface area contributed by atoms with Gasteiger partial charge in [0, 0.05) is 18.3 Å². The number of hydrogen-bond acceptors (Lipinski definition) is 7. The molecule has 1 aromatic heterocycles. The Bertz CT molecular complexity index is 1110. The second-order valence-electron chi connectivity index (χ2n) is 5.97. The van der Waals surface area contributed by atoms with E-state index in [-0.39, 0.29) is 11.5 Å². The highest BCUT2D eigenvalue weighted by Gasteiger charge is 2.22. The summed E-state index contributed by atoms with van der Waals surface area (Å²) in [5.74, 6) is 0.227. The molecule has 0 spiro atoms. The molecule has 4 rings (SSSR count). The zero-order chi connectivity index (χ0) is 19.7. The molecule has 0 fully saturated rings. The van der Waals surface area contributed by atoms with Gasteiger partial charge in [0.2, 0.25) is 0 Å². The van der Waals surface area contributed by atoms with E-state index in [9.17, 15) is 14.5 Å². The van der Waals surface area contributed by atoms with E-state index >= 15 is 0 Å². The van der Waals surface area contributed by atoms with Crippen molar-refractivity contribution in [3.63, 3.8) is 0 Å². The van der Waals surface area contributed by atoms with Crippen LogP contribution in [-0.4, -0.2) is 25.5 Å². The highest BCUT2D eigenvalue weighted by Crippen LogP contribution is 2.17. The minimum absolute atomic E-state index is 0.0314. The SMILES string of the molecule is O=[N+]([O-])c1ccc(CN2NNN=C2c2c[nH]n(-c3ccc(F)cc3)c2=S)cc1. The number of nitro benzene ring substituents is 1. The lowest BCUT2D eigenvalue weighted by atomic mass is 10.2. The standard InChI is InChI=1S/C17H14FN7O2S/c18-12-3-7-13(8-4-12)24-17(28)15(9-19-24)16-20-21-22-23(16)10-11-1-5-14(6-2-11)25(26)27/h1-9,19,21-22H,10H2. The molecule has 1 aliphatic rings. The van der Waals surface area contributed by atoms with E-state index in [0.29, 0.717) is 28.3 Å². The van der Waals surface area contributed by atoms with Gasteiger partial charge < -0.3 is 0 Å². The molecule has 0 saturated heterocycles. The van der Waals surface area contributed by atoms with Gasteiger partial charge in [-0.25, -0.2) is 14.6 Å². The Hall–Kier alpha value is -3.57. The summed E-state index contributed by atoms with van der Waals surface area (Å²) in [6.45, 7) is 0.403. The van der Waals surface area contributed by atoms with Crippen LogP contribution in [0.5, 0.6) is 0 Å². The van der Waals surface area contributed by atoms with Gasteiger partial charge in [-0.3, -0.25) is 20.2 Å². The molecule has 0 saturated carbocycles. The van der Waals surface area contributed by atoms with Crippen molar-refractivity contribution in [3.05, 3.63) is 86.4 Å². The Morgan fingerprint density at radius 1 is 1.14 bits per heavy atom. The van der Waals surface area contributed by atoms with Crippen molar-refractivity contribution in [1.82, 2.24) is 25.9 Å². The molecule has 3 aromatic rings. The van der Waals surface area contributed by atoms with Gasteiger partial charge in [0.15, 0.2) is 5.84 Å². The molecular weight excluding hydrogens is 385 g/mol. The van der Waals surface area contributed by atoms with Crippen molar-refractivity contribution in [2.24, 2.45) is 5.10 Å². The number of non-ortho nitro benzene ring substituents is 1. The highest BCUT2D eigenvalue weighted by molar-refractivity contribution is 7.71. The Balaban J connectivity index is 1.58. The van der Waals surface area contributed by atoms with Crippen LogP contribution in [0, 0.1) is 20.6 Å². The normalized spacial score (nSPS) is 13.3. The largest absolute Gasteiger partial charge is 0.299 e. The van der Waals surface area contributed by atoms with Crippen LogP contribution >= 0.6 is 12.2 Å². The average Bonchev–Trinajstić information content (AvgIpc) is 3.29. The molecule has 1 aliphatic heterocycles. The zero-order valence-electron chi connectivity index (χ0n) is 14.3. The van der Waals surface area contributed by atoms with Gasteiger partial charge in [-0.15, -0.1) is 10.6 Å². The number of nitrogens with one attached hydrogen (secondary N) is 3. The summed E-state index contributed by atoms with van der Waals surface area (Å²) in [6.07, 6.45) is 1.71. The van der Waals surface area contributed by atoms with Gasteiger partial charge in [0.05, 0.1) is 22.7 Å². The van der Waals surface area contributed by atoms with Crippen LogP contribution in [0.1, 0.15) is 11.1 Å². The number of hydrazine groups is 2. The lowest BCUT2D eigenvalue weighted by Crippen LogP contribution is -2.40. The average molecular weight is 399 g/mol. The minimum atomic E-state index is -0.441. The second kappa shape index (κ2) is 7.21. The van der Waals surface area contributed by atoms with E-state index in [1.165, 1.54) is 24.3 Å². The first-order valence-corrected chi connectivity index (χ1v) is 8.60. The number of hydrogen-bond donors (Lipinski definition) is 3. The molecule has 2 heterocycles. The smallest absolute Gasteiger partial charge is 0.269 e. The lowest BCUT2D eigenvalue weighted by Gasteiger charge is -2.18. The van der Waals surface area contributed by atoms with E-state index in [4.69, 9.17) is 12.2 Å². The first kappa shape index (κ1) is 17.8. The molecule has 11 heteroatoms. The summed E-state index contributed by atoms with van der Waals surface area (Å²) >= 11 is 5.54. The maximum Gasteiger partial charge on any atom is 0.269 e. The van der Waals surface area contributed by atoms with Gasteiger partial charge in [-0.1, -0.05) is 24.4 Å². The van der Waals surface area contributed by atoms with Crippen molar-refractivity contribution in [2.45, 2.75) is 6.54 Å². The predicted molar refractivity (Wildman–Crippen MR) is 102 cm³/mol. The minimum Gasteiger partial charge on any atom is -0.299 e. The highest BCUT2D eigenvalue weighted by atomic mass is 32.1. The van der Waals surface area contributed by atoms with Gasteiger partial charge in [0.1, 0.15) is 10.5 Å². The summed E-state index contributed by atoms with van der Waals surface area (Å²) < 4.78 is 15.3. The number of nitrogens with zero attached hydrogens (tertiary/aromatic N) is 4. The number of aromatic nitrogens is 2. The molecule has 142 valence electrons. The number of H-pyrrole nitrogens is 1. The molecule has 0 amide bonds. The van der Waals surface area contributed by atoms with Crippen LogP contribution in [0.25, 0.3) is 5.69 Å². The summed E-state index contributed by atoms with van der Waals surface area (Å²) in [7, 11) is 0. The van der Waals surface area contributed by atoms with Crippen molar-refractivity contribution in [2.75, 3.05) is 0 Å². The maximum absolute atomic E-state index is 13.2. The lowest BCUT2D eigenvalue weighted by molar-refractivity contribution is -0.384. The van der Waals surface area contributed by atoms with Crippen molar-refractivity contribution in [3.8, 4) is 5.69 Å². The van der Waals surface area contributed by atoms with E-state index < -0.39 is 4.92 Å². The number of rotatable bonds is 5. The Labute approximate surface area is 163 Å². The van der Waals surface area contributed by atoms with Gasteiger partial charge >= 0.3 is 0 Å². The fourth-order valence-corrected chi connectivity index (χ4v) is 3.10. The summed E-state index contributed by atoms with van der Waals surface area (Å²) in [5, 5.41) is 19.8. The fraction of sp³-hybridized carbons (Fsp3) is 0.0588. The van der Waals surface area contributed by atoms with E-state index in [1.807, 2.05) is 0 Å². The molecule has 28 heavy (non-hydrogen) atoms. The number of hydrazone groups is 1. The third-order valence-corrected chi connectivity index (χ3v) is 4.59. The van der Waals surface area contributed by atoms with E-state index in [0.717, 1.165) is 5.56 Å².